The zero-order valence-corrected chi connectivity index (χ0v) is 19.2. The van der Waals surface area contributed by atoms with E-state index in [0.717, 1.165) is 0 Å². The van der Waals surface area contributed by atoms with Gasteiger partial charge in [-0.2, -0.15) is 0 Å². The van der Waals surface area contributed by atoms with Gasteiger partial charge >= 0.3 is 0 Å². The molecule has 29 heavy (non-hydrogen) atoms. The van der Waals surface area contributed by atoms with E-state index >= 15 is 0 Å². The highest BCUT2D eigenvalue weighted by Crippen LogP contribution is 2.17. The Balaban J connectivity index is -0.000000480. The summed E-state index contributed by atoms with van der Waals surface area (Å²) in [4.78, 5) is 45.9. The molecule has 176 valence electrons. The van der Waals surface area contributed by atoms with Crippen LogP contribution in [-0.2, 0) is 19.2 Å². The van der Waals surface area contributed by atoms with Gasteiger partial charge in [0.2, 0.25) is 23.6 Å². The van der Waals surface area contributed by atoms with Gasteiger partial charge in [-0.1, -0.05) is 0 Å². The van der Waals surface area contributed by atoms with E-state index in [0.29, 0.717) is 0 Å². The van der Waals surface area contributed by atoms with Crippen LogP contribution in [0.2, 0.25) is 0 Å². The molecule has 0 rings (SSSR count). The van der Waals surface area contributed by atoms with Gasteiger partial charge in [-0.15, -0.1) is 49.6 Å². The number of hydrogen-bond donors (Lipinski definition) is 8. The molecule has 0 aliphatic rings. The van der Waals surface area contributed by atoms with Gasteiger partial charge < -0.3 is 44.2 Å². The van der Waals surface area contributed by atoms with Gasteiger partial charge in [-0.25, -0.2) is 0 Å². The first-order valence-electron chi connectivity index (χ1n) is 7.63. The smallest absolute Gasteiger partial charge is 0.233 e. The van der Waals surface area contributed by atoms with Crippen LogP contribution in [-0.4, -0.2) is 69.1 Å². The fourth-order valence-electron chi connectivity index (χ4n) is 1.93. The predicted octanol–water partition coefficient (Wildman–Crippen LogP) is -3.69. The molecule has 0 spiro atoms. The number of halogens is 4. The van der Waals surface area contributed by atoms with Crippen molar-refractivity contribution in [3.05, 3.63) is 0 Å². The number of carbonyl (C=O) groups excluding carboxylic acids is 4. The molecule has 0 saturated carbocycles. The lowest BCUT2D eigenvalue weighted by atomic mass is 9.83. The summed E-state index contributed by atoms with van der Waals surface area (Å²) in [6.07, 6.45) is -1.00. The minimum Gasteiger partial charge on any atom is -0.354 e. The second-order valence-corrected chi connectivity index (χ2v) is 5.48. The lowest BCUT2D eigenvalue weighted by Crippen LogP contribution is -2.65. The van der Waals surface area contributed by atoms with Gasteiger partial charge in [0, 0.05) is 26.6 Å². The number of rotatable bonds is 11. The molecule has 0 radical (unpaired) electrons. The zero-order chi connectivity index (χ0) is 19.5. The number of nitrogens with one attached hydrogen (secondary N) is 4. The number of hydrogen-bond acceptors (Lipinski definition) is 8. The largest absolute Gasteiger partial charge is 0.354 e. The Hall–Kier alpha value is -1.12. The SMILES string of the molecule is CC(=O)NC(N)C(CNC(=O)CN)(CNC(=O)CN)CNC(=O)CN.Cl.Cl.Cl.Cl. The summed E-state index contributed by atoms with van der Waals surface area (Å²) in [5, 5.41) is 10.2. The number of carbonyl (C=O) groups is 4. The Morgan fingerprint density at radius 2 is 1.00 bits per heavy atom. The van der Waals surface area contributed by atoms with Crippen LogP contribution in [0.5, 0.6) is 0 Å². The Labute approximate surface area is 194 Å². The first kappa shape index (κ1) is 38.5. The van der Waals surface area contributed by atoms with Crippen LogP contribution >= 0.6 is 49.6 Å². The minimum absolute atomic E-state index is 0. The topological polar surface area (TPSA) is 220 Å². The summed E-state index contributed by atoms with van der Waals surface area (Å²) < 4.78 is 0. The van der Waals surface area contributed by atoms with Crippen LogP contribution < -0.4 is 44.2 Å². The van der Waals surface area contributed by atoms with E-state index in [-0.39, 0.29) is 88.9 Å². The Kier molecular flexibility index (Phi) is 26.8. The minimum atomic E-state index is -1.13. The molecule has 0 fully saturated rings. The van der Waals surface area contributed by atoms with Gasteiger partial charge in [0.15, 0.2) is 0 Å². The van der Waals surface area contributed by atoms with E-state index in [2.05, 4.69) is 21.3 Å². The summed E-state index contributed by atoms with van der Waals surface area (Å²) in [6.45, 7) is 0.294. The second-order valence-electron chi connectivity index (χ2n) is 5.48. The van der Waals surface area contributed by atoms with Crippen LogP contribution in [0.4, 0.5) is 0 Å². The molecule has 16 heteroatoms. The third kappa shape index (κ3) is 15.4. The Bertz CT molecular complexity index is 451. The van der Waals surface area contributed by atoms with Crippen molar-refractivity contribution < 1.29 is 19.2 Å². The maximum Gasteiger partial charge on any atom is 0.233 e. The van der Waals surface area contributed by atoms with Gasteiger partial charge in [0.05, 0.1) is 31.2 Å². The van der Waals surface area contributed by atoms with Crippen molar-refractivity contribution in [1.29, 1.82) is 0 Å². The fraction of sp³-hybridized carbons (Fsp3) is 0.692. The highest BCUT2D eigenvalue weighted by atomic mass is 35.5. The Morgan fingerprint density at radius 1 is 0.724 bits per heavy atom. The van der Waals surface area contributed by atoms with Crippen molar-refractivity contribution in [2.24, 2.45) is 28.3 Å². The van der Waals surface area contributed by atoms with Gasteiger partial charge in [0.1, 0.15) is 0 Å². The van der Waals surface area contributed by atoms with Gasteiger partial charge in [0.25, 0.3) is 0 Å². The first-order chi connectivity index (χ1) is 11.7. The summed E-state index contributed by atoms with van der Waals surface area (Å²) in [5.41, 5.74) is 20.7. The van der Waals surface area contributed by atoms with E-state index in [1.54, 1.807) is 0 Å². The highest BCUT2D eigenvalue weighted by Gasteiger charge is 2.38. The average molecular weight is 506 g/mol. The second kappa shape index (κ2) is 20.2. The molecule has 0 aliphatic heterocycles. The fourth-order valence-corrected chi connectivity index (χ4v) is 1.93. The summed E-state index contributed by atoms with van der Waals surface area (Å²) in [5.74, 6) is -1.81. The van der Waals surface area contributed by atoms with E-state index < -0.39 is 35.2 Å². The normalized spacial score (nSPS) is 10.4. The third-order valence-electron chi connectivity index (χ3n) is 3.49. The van der Waals surface area contributed by atoms with Crippen molar-refractivity contribution in [3.63, 3.8) is 0 Å². The molecule has 0 aromatic rings. The Morgan fingerprint density at radius 3 is 1.21 bits per heavy atom. The van der Waals surface area contributed by atoms with Crippen molar-refractivity contribution >= 4 is 73.3 Å². The molecule has 0 saturated heterocycles. The quantitative estimate of drug-likeness (QED) is 0.130. The third-order valence-corrected chi connectivity index (χ3v) is 3.49. The molecule has 0 aromatic heterocycles. The van der Waals surface area contributed by atoms with Crippen LogP contribution in [0.25, 0.3) is 0 Å². The highest BCUT2D eigenvalue weighted by molar-refractivity contribution is 5.86. The van der Waals surface area contributed by atoms with Crippen LogP contribution in [0, 0.1) is 5.41 Å². The molecule has 4 amide bonds. The molecular weight excluding hydrogens is 474 g/mol. The summed E-state index contributed by atoms with van der Waals surface area (Å²) >= 11 is 0. The molecular formula is C13H32Cl4N8O4. The van der Waals surface area contributed by atoms with Crippen LogP contribution in [0.15, 0.2) is 0 Å². The van der Waals surface area contributed by atoms with Crippen LogP contribution in [0.3, 0.4) is 0 Å². The molecule has 0 aromatic carbocycles. The van der Waals surface area contributed by atoms with E-state index in [9.17, 15) is 19.2 Å². The van der Waals surface area contributed by atoms with E-state index in [1.165, 1.54) is 6.92 Å². The maximum atomic E-state index is 11.5. The number of nitrogens with two attached hydrogens (primary N) is 4. The van der Waals surface area contributed by atoms with Gasteiger partial charge in [-0.3, -0.25) is 19.2 Å². The summed E-state index contributed by atoms with van der Waals surface area (Å²) in [7, 11) is 0. The van der Waals surface area contributed by atoms with Crippen LogP contribution in [0.1, 0.15) is 6.92 Å². The molecule has 0 heterocycles. The van der Waals surface area contributed by atoms with Crippen molar-refractivity contribution in [1.82, 2.24) is 21.3 Å². The standard InChI is InChI=1S/C13H28N8O4.4ClH/c1-8(22)21-12(17)13(5-18-9(23)2-14,6-19-10(24)3-15)7-20-11(25)4-16;;;;/h12H,2-7,14-17H2,1H3,(H,18,23)(H,19,24)(H,20,25)(H,21,22);4*1H. The molecule has 1 atom stereocenters. The molecule has 12 N–H and O–H groups in total. The average Bonchev–Trinajstić information content (AvgIpc) is 2.59. The molecule has 0 aliphatic carbocycles. The molecule has 0 bridgehead atoms. The van der Waals surface area contributed by atoms with Crippen molar-refractivity contribution in [2.75, 3.05) is 39.3 Å². The first-order valence-corrected chi connectivity index (χ1v) is 7.63. The lowest BCUT2D eigenvalue weighted by Gasteiger charge is -2.39. The molecule has 1 unspecified atom stereocenters. The number of amides is 4. The van der Waals surface area contributed by atoms with Gasteiger partial charge in [-0.05, 0) is 0 Å². The summed E-state index contributed by atoms with van der Waals surface area (Å²) in [6, 6.07) is 0. The maximum absolute atomic E-state index is 11.5. The van der Waals surface area contributed by atoms with E-state index in [4.69, 9.17) is 22.9 Å². The predicted molar refractivity (Wildman–Crippen MR) is 119 cm³/mol. The van der Waals surface area contributed by atoms with Crippen molar-refractivity contribution in [2.45, 2.75) is 13.1 Å². The van der Waals surface area contributed by atoms with Crippen molar-refractivity contribution in [3.8, 4) is 0 Å². The monoisotopic (exact) mass is 504 g/mol. The lowest BCUT2D eigenvalue weighted by molar-refractivity contribution is -0.121. The molecule has 12 nitrogen and oxygen atoms in total. The zero-order valence-electron chi connectivity index (χ0n) is 15.9. The van der Waals surface area contributed by atoms with E-state index in [1.807, 2.05) is 0 Å².